The fourth-order valence-electron chi connectivity index (χ4n) is 2.26. The summed E-state index contributed by atoms with van der Waals surface area (Å²) in [5, 5.41) is 10.6. The first kappa shape index (κ1) is 15.0. The summed E-state index contributed by atoms with van der Waals surface area (Å²) in [4.78, 5) is 0. The third-order valence-corrected chi connectivity index (χ3v) is 3.87. The van der Waals surface area contributed by atoms with E-state index in [-0.39, 0.29) is 0 Å². The lowest BCUT2D eigenvalue weighted by atomic mass is 9.83. The molecule has 1 atom stereocenters. The highest BCUT2D eigenvalue weighted by Crippen LogP contribution is 2.29. The fraction of sp³-hybridized carbons (Fsp3) is 0.529. The van der Waals surface area contributed by atoms with E-state index in [1.165, 1.54) is 0 Å². The molecule has 1 heteroatoms. The lowest BCUT2D eigenvalue weighted by Crippen LogP contribution is -2.28. The molecule has 1 aromatic carbocycles. The van der Waals surface area contributed by atoms with Crippen molar-refractivity contribution in [2.45, 2.75) is 52.6 Å². The van der Waals surface area contributed by atoms with Crippen molar-refractivity contribution in [1.29, 1.82) is 0 Å². The second-order valence-corrected chi connectivity index (χ2v) is 5.40. The van der Waals surface area contributed by atoms with Crippen molar-refractivity contribution < 1.29 is 5.11 Å². The largest absolute Gasteiger partial charge is 0.386 e. The van der Waals surface area contributed by atoms with Gasteiger partial charge in [0, 0.05) is 0 Å². The van der Waals surface area contributed by atoms with Crippen LogP contribution >= 0.6 is 0 Å². The van der Waals surface area contributed by atoms with E-state index in [1.807, 2.05) is 32.0 Å². The summed E-state index contributed by atoms with van der Waals surface area (Å²) in [5.74, 6) is 0.596. The molecule has 0 aliphatic heterocycles. The Balaban J connectivity index is 2.81. The van der Waals surface area contributed by atoms with Gasteiger partial charge in [0.1, 0.15) is 0 Å². The van der Waals surface area contributed by atoms with Gasteiger partial charge < -0.3 is 5.11 Å². The number of hydrogen-bond acceptors (Lipinski definition) is 1. The van der Waals surface area contributed by atoms with Crippen LogP contribution in [0.2, 0.25) is 0 Å². The topological polar surface area (TPSA) is 20.2 Å². The van der Waals surface area contributed by atoms with Crippen LogP contribution in [0.1, 0.15) is 52.5 Å². The number of aliphatic hydroxyl groups is 1. The van der Waals surface area contributed by atoms with Crippen LogP contribution in [0.3, 0.4) is 0 Å². The van der Waals surface area contributed by atoms with Crippen LogP contribution in [0.4, 0.5) is 0 Å². The Morgan fingerprint density at radius 1 is 1.22 bits per heavy atom. The van der Waals surface area contributed by atoms with E-state index < -0.39 is 5.60 Å². The van der Waals surface area contributed by atoms with Gasteiger partial charge in [0.05, 0.1) is 5.60 Å². The Kier molecular flexibility index (Phi) is 5.61. The van der Waals surface area contributed by atoms with Crippen molar-refractivity contribution in [1.82, 2.24) is 0 Å². The Bertz CT molecular complexity index is 372. The molecule has 0 aliphatic rings. The smallest absolute Gasteiger partial charge is 0.0831 e. The normalized spacial score (nSPS) is 15.8. The Hall–Kier alpha value is -1.08. The van der Waals surface area contributed by atoms with Crippen LogP contribution in [-0.2, 0) is 0 Å². The maximum atomic E-state index is 10.6. The minimum absolute atomic E-state index is 0.596. The van der Waals surface area contributed by atoms with Gasteiger partial charge in [-0.25, -0.2) is 0 Å². The average Bonchev–Trinajstić information content (AvgIpc) is 2.37. The SMILES string of the molecule is CCC(CC)CC(C)(O)/C(C)=C/c1ccccc1. The average molecular weight is 246 g/mol. The Morgan fingerprint density at radius 3 is 2.28 bits per heavy atom. The molecule has 0 heterocycles. The zero-order valence-electron chi connectivity index (χ0n) is 12.1. The molecule has 1 rings (SSSR count). The van der Waals surface area contributed by atoms with Gasteiger partial charge in [-0.2, -0.15) is 0 Å². The third-order valence-electron chi connectivity index (χ3n) is 3.87. The molecule has 0 spiro atoms. The van der Waals surface area contributed by atoms with Crippen LogP contribution in [0, 0.1) is 5.92 Å². The molecule has 1 nitrogen and oxygen atoms in total. The van der Waals surface area contributed by atoms with Crippen LogP contribution in [0.5, 0.6) is 0 Å². The fourth-order valence-corrected chi connectivity index (χ4v) is 2.26. The van der Waals surface area contributed by atoms with Crippen molar-refractivity contribution >= 4 is 6.08 Å². The maximum absolute atomic E-state index is 10.6. The minimum Gasteiger partial charge on any atom is -0.386 e. The third kappa shape index (κ3) is 4.30. The summed E-state index contributed by atoms with van der Waals surface area (Å²) < 4.78 is 0. The number of benzene rings is 1. The Morgan fingerprint density at radius 2 is 1.78 bits per heavy atom. The second kappa shape index (κ2) is 6.75. The molecule has 0 radical (unpaired) electrons. The van der Waals surface area contributed by atoms with Crippen LogP contribution in [-0.4, -0.2) is 10.7 Å². The molecule has 0 saturated carbocycles. The predicted octanol–water partition coefficient (Wildman–Crippen LogP) is 4.67. The molecule has 18 heavy (non-hydrogen) atoms. The van der Waals surface area contributed by atoms with Crippen LogP contribution < -0.4 is 0 Å². The first-order chi connectivity index (χ1) is 8.49. The molecule has 1 N–H and O–H groups in total. The standard InChI is InChI=1S/C17H26O/c1-5-15(6-2)13-17(4,18)14(3)12-16-10-8-7-9-11-16/h7-12,15,18H,5-6,13H2,1-4H3/b14-12+. The first-order valence-corrected chi connectivity index (χ1v) is 6.95. The summed E-state index contributed by atoms with van der Waals surface area (Å²) >= 11 is 0. The van der Waals surface area contributed by atoms with Gasteiger partial charge >= 0.3 is 0 Å². The highest BCUT2D eigenvalue weighted by molar-refractivity contribution is 5.54. The molecule has 0 bridgehead atoms. The minimum atomic E-state index is -0.702. The lowest BCUT2D eigenvalue weighted by molar-refractivity contribution is 0.0692. The van der Waals surface area contributed by atoms with E-state index in [0.717, 1.165) is 30.4 Å². The van der Waals surface area contributed by atoms with Crippen molar-refractivity contribution in [3.8, 4) is 0 Å². The predicted molar refractivity (Wildman–Crippen MR) is 79.4 cm³/mol. The zero-order chi connectivity index (χ0) is 13.6. The first-order valence-electron chi connectivity index (χ1n) is 6.95. The molecule has 0 aromatic heterocycles. The second-order valence-electron chi connectivity index (χ2n) is 5.40. The molecule has 0 fully saturated rings. The van der Waals surface area contributed by atoms with Crippen molar-refractivity contribution in [2.24, 2.45) is 5.92 Å². The summed E-state index contributed by atoms with van der Waals surface area (Å²) in [6, 6.07) is 10.2. The van der Waals surface area contributed by atoms with Gasteiger partial charge in [-0.3, -0.25) is 0 Å². The van der Waals surface area contributed by atoms with E-state index in [2.05, 4.69) is 32.1 Å². The molecular weight excluding hydrogens is 220 g/mol. The van der Waals surface area contributed by atoms with Gasteiger partial charge in [0.2, 0.25) is 0 Å². The van der Waals surface area contributed by atoms with E-state index in [1.54, 1.807) is 0 Å². The van der Waals surface area contributed by atoms with Gasteiger partial charge in [-0.1, -0.05) is 63.1 Å². The molecule has 0 aliphatic carbocycles. The van der Waals surface area contributed by atoms with Gasteiger partial charge in [-0.15, -0.1) is 0 Å². The quantitative estimate of drug-likeness (QED) is 0.773. The molecule has 0 amide bonds. The molecule has 100 valence electrons. The molecule has 0 saturated heterocycles. The summed E-state index contributed by atoms with van der Waals surface area (Å²) in [5.41, 5.74) is 1.49. The van der Waals surface area contributed by atoms with Crippen molar-refractivity contribution in [3.63, 3.8) is 0 Å². The van der Waals surface area contributed by atoms with Gasteiger partial charge in [-0.05, 0) is 37.3 Å². The van der Waals surface area contributed by atoms with E-state index in [9.17, 15) is 5.11 Å². The summed E-state index contributed by atoms with van der Waals surface area (Å²) in [6.07, 6.45) is 5.19. The highest BCUT2D eigenvalue weighted by atomic mass is 16.3. The van der Waals surface area contributed by atoms with E-state index >= 15 is 0 Å². The van der Waals surface area contributed by atoms with Crippen molar-refractivity contribution in [3.05, 3.63) is 41.5 Å². The van der Waals surface area contributed by atoms with Gasteiger partial charge in [0.15, 0.2) is 0 Å². The lowest BCUT2D eigenvalue weighted by Gasteiger charge is -2.28. The molecular formula is C17H26O. The summed E-state index contributed by atoms with van der Waals surface area (Å²) in [7, 11) is 0. The van der Waals surface area contributed by atoms with Crippen LogP contribution in [0.25, 0.3) is 6.08 Å². The molecule has 1 aromatic rings. The molecule has 1 unspecified atom stereocenters. The highest BCUT2D eigenvalue weighted by Gasteiger charge is 2.25. The van der Waals surface area contributed by atoms with Crippen LogP contribution in [0.15, 0.2) is 35.9 Å². The van der Waals surface area contributed by atoms with E-state index in [4.69, 9.17) is 0 Å². The van der Waals surface area contributed by atoms with E-state index in [0.29, 0.717) is 5.92 Å². The van der Waals surface area contributed by atoms with Crippen molar-refractivity contribution in [2.75, 3.05) is 0 Å². The monoisotopic (exact) mass is 246 g/mol. The number of rotatable bonds is 6. The number of hydrogen-bond donors (Lipinski definition) is 1. The zero-order valence-corrected chi connectivity index (χ0v) is 12.1. The maximum Gasteiger partial charge on any atom is 0.0831 e. The summed E-state index contributed by atoms with van der Waals surface area (Å²) in [6.45, 7) is 8.34. The Labute approximate surface area is 112 Å². The van der Waals surface area contributed by atoms with Gasteiger partial charge in [0.25, 0.3) is 0 Å².